The van der Waals surface area contributed by atoms with Crippen molar-refractivity contribution < 1.29 is 14.4 Å². The molecule has 4 nitrogen and oxygen atoms in total. The first-order valence-corrected chi connectivity index (χ1v) is 5.06. The van der Waals surface area contributed by atoms with Gasteiger partial charge in [-0.05, 0) is 38.5 Å². The Balaban J connectivity index is 2.70. The molecule has 0 radical (unpaired) electrons. The predicted octanol–water partition coefficient (Wildman–Crippen LogP) is 2.03. The number of hydrogen-bond acceptors (Lipinski definition) is 4. The average Bonchev–Trinajstić information content (AvgIpc) is 2.16. The van der Waals surface area contributed by atoms with Gasteiger partial charge in [-0.25, -0.2) is 10.7 Å². The van der Waals surface area contributed by atoms with Crippen LogP contribution in [0.4, 0.5) is 0 Å². The van der Waals surface area contributed by atoms with Crippen molar-refractivity contribution in [2.75, 3.05) is 0 Å². The monoisotopic (exact) mass is 223 g/mol. The molecule has 0 bridgehead atoms. The molecule has 4 heteroatoms. The summed E-state index contributed by atoms with van der Waals surface area (Å²) in [4.78, 5) is 16.1. The molecule has 1 aromatic rings. The first-order chi connectivity index (χ1) is 7.42. The predicted molar refractivity (Wildman–Crippen MR) is 60.6 cm³/mol. The molecule has 0 aliphatic rings. The van der Waals surface area contributed by atoms with E-state index in [2.05, 4.69) is 4.84 Å². The van der Waals surface area contributed by atoms with Gasteiger partial charge in [0.15, 0.2) is 0 Å². The van der Waals surface area contributed by atoms with Crippen molar-refractivity contribution in [2.24, 2.45) is 5.90 Å². The van der Waals surface area contributed by atoms with Crippen LogP contribution in [0, 0.1) is 0 Å². The van der Waals surface area contributed by atoms with Gasteiger partial charge in [0.25, 0.3) is 0 Å². The molecule has 1 aromatic carbocycles. The summed E-state index contributed by atoms with van der Waals surface area (Å²) in [5.74, 6) is 4.62. The molecule has 0 unspecified atom stereocenters. The zero-order chi connectivity index (χ0) is 12.2. The number of benzene rings is 1. The lowest BCUT2D eigenvalue weighted by Crippen LogP contribution is -2.23. The van der Waals surface area contributed by atoms with Crippen LogP contribution in [-0.4, -0.2) is 11.6 Å². The van der Waals surface area contributed by atoms with E-state index in [-0.39, 0.29) is 5.97 Å². The first kappa shape index (κ1) is 12.7. The van der Waals surface area contributed by atoms with Crippen molar-refractivity contribution in [3.05, 3.63) is 35.4 Å². The van der Waals surface area contributed by atoms with E-state index in [0.29, 0.717) is 12.2 Å². The fourth-order valence-corrected chi connectivity index (χ4v) is 1.17. The van der Waals surface area contributed by atoms with Crippen LogP contribution in [0.25, 0.3) is 0 Å². The number of esters is 1. The molecule has 1 rings (SSSR count). The van der Waals surface area contributed by atoms with E-state index in [1.54, 1.807) is 24.3 Å². The van der Waals surface area contributed by atoms with Crippen LogP contribution >= 0.6 is 0 Å². The second-order valence-electron chi connectivity index (χ2n) is 4.51. The Morgan fingerprint density at radius 3 is 2.25 bits per heavy atom. The highest BCUT2D eigenvalue weighted by molar-refractivity contribution is 5.89. The van der Waals surface area contributed by atoms with Gasteiger partial charge in [0.2, 0.25) is 0 Å². The second-order valence-corrected chi connectivity index (χ2v) is 4.51. The van der Waals surface area contributed by atoms with Crippen molar-refractivity contribution >= 4 is 5.97 Å². The van der Waals surface area contributed by atoms with E-state index in [0.717, 1.165) is 5.56 Å². The SMILES string of the molecule is CC(C)(C)OC(=O)c1ccc(CON)cc1. The number of rotatable bonds is 3. The topological polar surface area (TPSA) is 61.5 Å². The molecule has 0 saturated heterocycles. The molecule has 0 heterocycles. The largest absolute Gasteiger partial charge is 0.456 e. The van der Waals surface area contributed by atoms with E-state index in [4.69, 9.17) is 10.6 Å². The zero-order valence-corrected chi connectivity index (χ0v) is 9.82. The molecular weight excluding hydrogens is 206 g/mol. The fraction of sp³-hybridized carbons (Fsp3) is 0.417. The summed E-state index contributed by atoms with van der Waals surface area (Å²) >= 11 is 0. The maximum atomic E-state index is 11.7. The summed E-state index contributed by atoms with van der Waals surface area (Å²) in [6.45, 7) is 5.83. The smallest absolute Gasteiger partial charge is 0.338 e. The van der Waals surface area contributed by atoms with Crippen molar-refractivity contribution in [1.29, 1.82) is 0 Å². The van der Waals surface area contributed by atoms with Crippen LogP contribution < -0.4 is 5.90 Å². The molecule has 0 saturated carbocycles. The molecule has 0 aliphatic carbocycles. The van der Waals surface area contributed by atoms with Gasteiger partial charge >= 0.3 is 5.97 Å². The van der Waals surface area contributed by atoms with Gasteiger partial charge in [-0.3, -0.25) is 4.84 Å². The molecule has 0 aliphatic heterocycles. The second kappa shape index (κ2) is 5.09. The summed E-state index contributed by atoms with van der Waals surface area (Å²) in [5.41, 5.74) is 0.960. The van der Waals surface area contributed by atoms with E-state index >= 15 is 0 Å². The highest BCUT2D eigenvalue weighted by Crippen LogP contribution is 2.13. The van der Waals surface area contributed by atoms with Crippen LogP contribution in [0.3, 0.4) is 0 Å². The molecule has 0 atom stereocenters. The van der Waals surface area contributed by atoms with Gasteiger partial charge in [-0.2, -0.15) is 0 Å². The molecule has 88 valence electrons. The Kier molecular flexibility index (Phi) is 4.04. The van der Waals surface area contributed by atoms with Crippen LogP contribution in [0.2, 0.25) is 0 Å². The van der Waals surface area contributed by atoms with Crippen molar-refractivity contribution in [3.8, 4) is 0 Å². The molecular formula is C12H17NO3. The van der Waals surface area contributed by atoms with Gasteiger partial charge in [0, 0.05) is 0 Å². The van der Waals surface area contributed by atoms with Crippen LogP contribution in [0.1, 0.15) is 36.7 Å². The quantitative estimate of drug-likeness (QED) is 0.629. The van der Waals surface area contributed by atoms with E-state index < -0.39 is 5.60 Å². The molecule has 16 heavy (non-hydrogen) atoms. The number of carbonyl (C=O) groups excluding carboxylic acids is 1. The summed E-state index contributed by atoms with van der Waals surface area (Å²) in [5, 5.41) is 0. The maximum absolute atomic E-state index is 11.7. The Bertz CT molecular complexity index is 352. The summed E-state index contributed by atoms with van der Waals surface area (Å²) in [6, 6.07) is 6.96. The highest BCUT2D eigenvalue weighted by Gasteiger charge is 2.17. The summed E-state index contributed by atoms with van der Waals surface area (Å²) in [7, 11) is 0. The van der Waals surface area contributed by atoms with Gasteiger partial charge in [-0.1, -0.05) is 12.1 Å². The number of hydrogen-bond donors (Lipinski definition) is 1. The third-order valence-electron chi connectivity index (χ3n) is 1.84. The standard InChI is InChI=1S/C12H17NO3/c1-12(2,3)16-11(14)10-6-4-9(5-7-10)8-15-13/h4-7H,8,13H2,1-3H3. The van der Waals surface area contributed by atoms with E-state index in [1.165, 1.54) is 0 Å². The summed E-state index contributed by atoms with van der Waals surface area (Å²) in [6.07, 6.45) is 0. The number of ether oxygens (including phenoxy) is 1. The fourth-order valence-electron chi connectivity index (χ4n) is 1.17. The van der Waals surface area contributed by atoms with Crippen LogP contribution in [-0.2, 0) is 16.2 Å². The van der Waals surface area contributed by atoms with Crippen molar-refractivity contribution in [3.63, 3.8) is 0 Å². The van der Waals surface area contributed by atoms with E-state index in [1.807, 2.05) is 20.8 Å². The average molecular weight is 223 g/mol. The normalized spacial score (nSPS) is 11.2. The minimum Gasteiger partial charge on any atom is -0.456 e. The Labute approximate surface area is 95.3 Å². The summed E-state index contributed by atoms with van der Waals surface area (Å²) < 4.78 is 5.23. The Hall–Kier alpha value is -1.39. The lowest BCUT2D eigenvalue weighted by atomic mass is 10.1. The highest BCUT2D eigenvalue weighted by atomic mass is 16.6. The lowest BCUT2D eigenvalue weighted by Gasteiger charge is -2.19. The van der Waals surface area contributed by atoms with Gasteiger partial charge < -0.3 is 4.74 Å². The maximum Gasteiger partial charge on any atom is 0.338 e. The molecule has 2 N–H and O–H groups in total. The van der Waals surface area contributed by atoms with Crippen LogP contribution in [0.5, 0.6) is 0 Å². The van der Waals surface area contributed by atoms with Gasteiger partial charge in [-0.15, -0.1) is 0 Å². The van der Waals surface area contributed by atoms with E-state index in [9.17, 15) is 4.79 Å². The minimum atomic E-state index is -0.476. The minimum absolute atomic E-state index is 0.326. The Morgan fingerprint density at radius 2 is 1.81 bits per heavy atom. The Morgan fingerprint density at radius 1 is 1.25 bits per heavy atom. The molecule has 0 fully saturated rings. The third-order valence-corrected chi connectivity index (χ3v) is 1.84. The molecule has 0 aromatic heterocycles. The van der Waals surface area contributed by atoms with Gasteiger partial charge in [0.1, 0.15) is 5.60 Å². The lowest BCUT2D eigenvalue weighted by molar-refractivity contribution is 0.00695. The number of carbonyl (C=O) groups is 1. The van der Waals surface area contributed by atoms with Crippen LogP contribution in [0.15, 0.2) is 24.3 Å². The third kappa shape index (κ3) is 4.00. The zero-order valence-electron chi connectivity index (χ0n) is 9.82. The first-order valence-electron chi connectivity index (χ1n) is 5.06. The van der Waals surface area contributed by atoms with Gasteiger partial charge in [0.05, 0.1) is 12.2 Å². The number of nitrogens with two attached hydrogens (primary N) is 1. The molecule has 0 amide bonds. The molecule has 0 spiro atoms. The van der Waals surface area contributed by atoms with Crippen molar-refractivity contribution in [2.45, 2.75) is 33.0 Å². The van der Waals surface area contributed by atoms with Crippen molar-refractivity contribution in [1.82, 2.24) is 0 Å².